The quantitative estimate of drug-likeness (QED) is 0.847. The molecular weight excluding hydrogens is 314 g/mol. The van der Waals surface area contributed by atoms with E-state index in [4.69, 9.17) is 9.47 Å². The van der Waals surface area contributed by atoms with E-state index in [0.717, 1.165) is 16.9 Å². The summed E-state index contributed by atoms with van der Waals surface area (Å²) in [7, 11) is -3.46. The second-order valence-corrected chi connectivity index (χ2v) is 7.60. The first kappa shape index (κ1) is 14.5. The topological polar surface area (TPSA) is 55.8 Å². The number of nitrogens with zero attached hydrogens (tertiary/aromatic N) is 1. The fraction of sp³-hybridized carbons (Fsp3) is 0.294. The Labute approximate surface area is 135 Å². The Bertz CT molecular complexity index is 833. The first-order valence-corrected chi connectivity index (χ1v) is 9.05. The van der Waals surface area contributed by atoms with Gasteiger partial charge in [0.1, 0.15) is 13.2 Å². The molecule has 0 aliphatic carbocycles. The number of hydrogen-bond acceptors (Lipinski definition) is 4. The third-order valence-corrected chi connectivity index (χ3v) is 6.08. The predicted octanol–water partition coefficient (Wildman–Crippen LogP) is 2.20. The molecule has 0 unspecified atom stereocenters. The van der Waals surface area contributed by atoms with Gasteiger partial charge >= 0.3 is 0 Å². The number of hydrogen-bond donors (Lipinski definition) is 0. The Balaban J connectivity index is 1.66. The van der Waals surface area contributed by atoms with Crippen LogP contribution in [0.25, 0.3) is 0 Å². The summed E-state index contributed by atoms with van der Waals surface area (Å²) in [6.45, 7) is 1.92. The van der Waals surface area contributed by atoms with Crippen LogP contribution in [-0.2, 0) is 23.0 Å². The van der Waals surface area contributed by atoms with Gasteiger partial charge in [-0.15, -0.1) is 0 Å². The fourth-order valence-electron chi connectivity index (χ4n) is 3.01. The summed E-state index contributed by atoms with van der Waals surface area (Å²) in [5, 5.41) is 0. The average Bonchev–Trinajstić information content (AvgIpc) is 2.60. The summed E-state index contributed by atoms with van der Waals surface area (Å²) in [6, 6.07) is 12.5. The molecule has 2 aliphatic rings. The van der Waals surface area contributed by atoms with Crippen LogP contribution < -0.4 is 9.47 Å². The maximum absolute atomic E-state index is 12.8. The van der Waals surface area contributed by atoms with Crippen molar-refractivity contribution in [2.24, 2.45) is 0 Å². The molecule has 0 atom stereocenters. The Morgan fingerprint density at radius 1 is 0.913 bits per heavy atom. The van der Waals surface area contributed by atoms with Gasteiger partial charge in [-0.1, -0.05) is 18.2 Å². The van der Waals surface area contributed by atoms with Crippen molar-refractivity contribution < 1.29 is 17.9 Å². The zero-order valence-electron chi connectivity index (χ0n) is 12.6. The molecule has 2 aromatic rings. The maximum Gasteiger partial charge on any atom is 0.243 e. The van der Waals surface area contributed by atoms with Crippen LogP contribution in [0.4, 0.5) is 0 Å². The lowest BCUT2D eigenvalue weighted by molar-refractivity contribution is 0.171. The minimum Gasteiger partial charge on any atom is -0.486 e. The van der Waals surface area contributed by atoms with Gasteiger partial charge in [0.2, 0.25) is 10.0 Å². The maximum atomic E-state index is 12.8. The van der Waals surface area contributed by atoms with E-state index in [-0.39, 0.29) is 0 Å². The molecule has 120 valence electrons. The van der Waals surface area contributed by atoms with Gasteiger partial charge in [-0.2, -0.15) is 4.31 Å². The predicted molar refractivity (Wildman–Crippen MR) is 85.2 cm³/mol. The van der Waals surface area contributed by atoms with Crippen LogP contribution in [0.1, 0.15) is 11.1 Å². The van der Waals surface area contributed by atoms with E-state index in [1.807, 2.05) is 18.2 Å². The van der Waals surface area contributed by atoms with Crippen molar-refractivity contribution in [3.8, 4) is 11.5 Å². The van der Waals surface area contributed by atoms with Crippen molar-refractivity contribution >= 4 is 10.0 Å². The van der Waals surface area contributed by atoms with E-state index < -0.39 is 10.0 Å². The van der Waals surface area contributed by atoms with Crippen molar-refractivity contribution in [1.82, 2.24) is 4.31 Å². The van der Waals surface area contributed by atoms with Crippen molar-refractivity contribution in [3.63, 3.8) is 0 Å². The molecule has 0 N–H and O–H groups in total. The molecule has 2 aliphatic heterocycles. The summed E-state index contributed by atoms with van der Waals surface area (Å²) >= 11 is 0. The van der Waals surface area contributed by atoms with Crippen LogP contribution >= 0.6 is 0 Å². The standard InChI is InChI=1S/C17H17NO4S/c19-23(20,15-4-2-1-3-5-15)18-7-6-13-10-16-17(11-14(13)12-18)22-9-8-21-16/h1-5,10-11H,6-9,12H2. The van der Waals surface area contributed by atoms with Gasteiger partial charge in [-0.25, -0.2) is 8.42 Å². The van der Waals surface area contributed by atoms with Gasteiger partial charge in [-0.05, 0) is 41.8 Å². The monoisotopic (exact) mass is 331 g/mol. The molecule has 0 saturated carbocycles. The van der Waals surface area contributed by atoms with E-state index in [1.165, 1.54) is 4.31 Å². The Morgan fingerprint density at radius 2 is 1.57 bits per heavy atom. The molecule has 6 heteroatoms. The third kappa shape index (κ3) is 2.58. The number of fused-ring (bicyclic) bond motifs is 2. The van der Waals surface area contributed by atoms with Crippen LogP contribution in [0.2, 0.25) is 0 Å². The molecule has 4 rings (SSSR count). The molecule has 5 nitrogen and oxygen atoms in total. The second-order valence-electron chi connectivity index (χ2n) is 5.67. The lowest BCUT2D eigenvalue weighted by Crippen LogP contribution is -2.36. The lowest BCUT2D eigenvalue weighted by Gasteiger charge is -2.30. The number of rotatable bonds is 2. The highest BCUT2D eigenvalue weighted by atomic mass is 32.2. The normalized spacial score (nSPS) is 17.6. The molecular formula is C17H17NO4S. The Hall–Kier alpha value is -2.05. The minimum absolute atomic E-state index is 0.334. The molecule has 2 aromatic carbocycles. The third-order valence-electron chi connectivity index (χ3n) is 4.22. The summed E-state index contributed by atoms with van der Waals surface area (Å²) in [4.78, 5) is 0.334. The highest BCUT2D eigenvalue weighted by Gasteiger charge is 2.29. The largest absolute Gasteiger partial charge is 0.486 e. The number of benzene rings is 2. The van der Waals surface area contributed by atoms with Gasteiger partial charge in [0.15, 0.2) is 11.5 Å². The SMILES string of the molecule is O=S(=O)(c1ccccc1)N1CCc2cc3c(cc2C1)OCCO3. The molecule has 2 heterocycles. The number of sulfonamides is 1. The highest BCUT2D eigenvalue weighted by Crippen LogP contribution is 2.36. The average molecular weight is 331 g/mol. The first-order valence-electron chi connectivity index (χ1n) is 7.61. The smallest absolute Gasteiger partial charge is 0.243 e. The zero-order valence-corrected chi connectivity index (χ0v) is 13.4. The van der Waals surface area contributed by atoms with Crippen LogP contribution in [0.3, 0.4) is 0 Å². The van der Waals surface area contributed by atoms with E-state index in [1.54, 1.807) is 24.3 Å². The summed E-state index contributed by atoms with van der Waals surface area (Å²) < 4.78 is 38.2. The van der Waals surface area contributed by atoms with Crippen LogP contribution in [0.15, 0.2) is 47.4 Å². The molecule has 0 spiro atoms. The fourth-order valence-corrected chi connectivity index (χ4v) is 4.45. The van der Waals surface area contributed by atoms with E-state index in [0.29, 0.717) is 43.4 Å². The van der Waals surface area contributed by atoms with Gasteiger partial charge in [0.05, 0.1) is 4.90 Å². The molecule has 0 aromatic heterocycles. The number of ether oxygens (including phenoxy) is 2. The molecule has 23 heavy (non-hydrogen) atoms. The zero-order chi connectivity index (χ0) is 15.9. The van der Waals surface area contributed by atoms with Crippen molar-refractivity contribution in [1.29, 1.82) is 0 Å². The molecule has 0 amide bonds. The molecule has 0 bridgehead atoms. The van der Waals surface area contributed by atoms with Crippen molar-refractivity contribution in [2.45, 2.75) is 17.9 Å². The Kier molecular flexibility index (Phi) is 3.50. The van der Waals surface area contributed by atoms with Gasteiger partial charge in [0.25, 0.3) is 0 Å². The lowest BCUT2D eigenvalue weighted by atomic mass is 10.00. The summed E-state index contributed by atoms with van der Waals surface area (Å²) in [6.07, 6.45) is 0.679. The van der Waals surface area contributed by atoms with Crippen molar-refractivity contribution in [3.05, 3.63) is 53.6 Å². The Morgan fingerprint density at radius 3 is 2.26 bits per heavy atom. The molecule has 0 radical (unpaired) electrons. The van der Waals surface area contributed by atoms with E-state index >= 15 is 0 Å². The van der Waals surface area contributed by atoms with Gasteiger partial charge < -0.3 is 9.47 Å². The molecule has 0 saturated heterocycles. The van der Waals surface area contributed by atoms with Crippen LogP contribution in [0, 0.1) is 0 Å². The van der Waals surface area contributed by atoms with E-state index in [9.17, 15) is 8.42 Å². The summed E-state index contributed by atoms with van der Waals surface area (Å²) in [5.41, 5.74) is 2.12. The summed E-state index contributed by atoms with van der Waals surface area (Å²) in [5.74, 6) is 1.46. The molecule has 0 fully saturated rings. The van der Waals surface area contributed by atoms with Gasteiger partial charge in [-0.3, -0.25) is 0 Å². The first-order chi connectivity index (χ1) is 11.1. The highest BCUT2D eigenvalue weighted by molar-refractivity contribution is 7.89. The van der Waals surface area contributed by atoms with Crippen LogP contribution in [0.5, 0.6) is 11.5 Å². The minimum atomic E-state index is -3.46. The van der Waals surface area contributed by atoms with Gasteiger partial charge in [0, 0.05) is 13.1 Å². The van der Waals surface area contributed by atoms with Crippen LogP contribution in [-0.4, -0.2) is 32.5 Å². The second kappa shape index (κ2) is 5.54. The van der Waals surface area contributed by atoms with Crippen molar-refractivity contribution in [2.75, 3.05) is 19.8 Å². The van der Waals surface area contributed by atoms with E-state index in [2.05, 4.69) is 0 Å².